The molecule has 2 aromatic rings. The fourth-order valence-corrected chi connectivity index (χ4v) is 1.71. The summed E-state index contributed by atoms with van der Waals surface area (Å²) in [7, 11) is 0. The Bertz CT molecular complexity index is 561. The van der Waals surface area contributed by atoms with E-state index < -0.39 is 0 Å². The van der Waals surface area contributed by atoms with Gasteiger partial charge in [-0.3, -0.25) is 9.89 Å². The summed E-state index contributed by atoms with van der Waals surface area (Å²) in [6.45, 7) is 4.04. The summed E-state index contributed by atoms with van der Waals surface area (Å²) in [6, 6.07) is 3.80. The molecule has 0 spiro atoms. The molecule has 0 aliphatic heterocycles. The van der Waals surface area contributed by atoms with Crippen molar-refractivity contribution in [2.24, 2.45) is 0 Å². The number of aromatic nitrogens is 2. The third-order valence-corrected chi connectivity index (χ3v) is 2.50. The lowest BCUT2D eigenvalue weighted by molar-refractivity contribution is -0.119. The van der Waals surface area contributed by atoms with Gasteiger partial charge in [0.1, 0.15) is 0 Å². The molecule has 0 saturated carbocycles. The summed E-state index contributed by atoms with van der Waals surface area (Å²) in [4.78, 5) is 11.5. The van der Waals surface area contributed by atoms with E-state index in [4.69, 9.17) is 5.73 Å². The monoisotopic (exact) mass is 247 g/mol. The van der Waals surface area contributed by atoms with Gasteiger partial charge in [0.05, 0.1) is 29.6 Å². The lowest BCUT2D eigenvalue weighted by Crippen LogP contribution is -2.34. The van der Waals surface area contributed by atoms with E-state index in [2.05, 4.69) is 20.8 Å². The molecule has 1 aromatic heterocycles. The largest absolute Gasteiger partial charge is 0.397 e. The van der Waals surface area contributed by atoms with Crippen LogP contribution in [0.4, 0.5) is 11.4 Å². The molecule has 5 N–H and O–H groups in total. The molecule has 6 heteroatoms. The highest BCUT2D eigenvalue weighted by Crippen LogP contribution is 2.24. The van der Waals surface area contributed by atoms with Gasteiger partial charge in [-0.25, -0.2) is 0 Å². The van der Waals surface area contributed by atoms with Crippen LogP contribution in [0.3, 0.4) is 0 Å². The molecule has 0 atom stereocenters. The van der Waals surface area contributed by atoms with Gasteiger partial charge in [-0.15, -0.1) is 0 Å². The van der Waals surface area contributed by atoms with E-state index >= 15 is 0 Å². The Morgan fingerprint density at radius 2 is 2.28 bits per heavy atom. The number of H-pyrrole nitrogens is 1. The van der Waals surface area contributed by atoms with Crippen LogP contribution in [0.15, 0.2) is 18.3 Å². The molecule has 0 fully saturated rings. The molecule has 0 aliphatic carbocycles. The number of nitrogens with one attached hydrogen (secondary N) is 3. The number of nitrogens with two attached hydrogens (primary N) is 1. The predicted molar refractivity (Wildman–Crippen MR) is 72.3 cm³/mol. The van der Waals surface area contributed by atoms with E-state index in [0.717, 1.165) is 16.6 Å². The molecule has 1 amide bonds. The third-order valence-electron chi connectivity index (χ3n) is 2.50. The van der Waals surface area contributed by atoms with Gasteiger partial charge in [0.2, 0.25) is 5.91 Å². The summed E-state index contributed by atoms with van der Waals surface area (Å²) < 4.78 is 0. The Labute approximate surface area is 105 Å². The highest BCUT2D eigenvalue weighted by atomic mass is 16.1. The van der Waals surface area contributed by atoms with E-state index in [-0.39, 0.29) is 18.5 Å². The first-order valence-corrected chi connectivity index (χ1v) is 5.82. The lowest BCUT2D eigenvalue weighted by atomic mass is 10.2. The summed E-state index contributed by atoms with van der Waals surface area (Å²) in [5.41, 5.74) is 8.11. The van der Waals surface area contributed by atoms with Crippen molar-refractivity contribution in [1.29, 1.82) is 0 Å². The Hall–Kier alpha value is -2.24. The molecule has 18 heavy (non-hydrogen) atoms. The second-order valence-electron chi connectivity index (χ2n) is 4.47. The van der Waals surface area contributed by atoms with E-state index in [1.165, 1.54) is 0 Å². The van der Waals surface area contributed by atoms with Gasteiger partial charge in [0, 0.05) is 11.4 Å². The molecule has 0 aliphatic rings. The molecule has 1 heterocycles. The molecule has 0 radical (unpaired) electrons. The predicted octanol–water partition coefficient (Wildman–Crippen LogP) is 1.08. The van der Waals surface area contributed by atoms with Crippen LogP contribution in [0.5, 0.6) is 0 Å². The van der Waals surface area contributed by atoms with Gasteiger partial charge in [-0.05, 0) is 26.0 Å². The molecule has 96 valence electrons. The van der Waals surface area contributed by atoms with Crippen LogP contribution >= 0.6 is 0 Å². The average Bonchev–Trinajstić information content (AvgIpc) is 2.71. The number of hydrogen-bond acceptors (Lipinski definition) is 4. The first-order valence-electron chi connectivity index (χ1n) is 5.82. The number of amides is 1. The minimum Gasteiger partial charge on any atom is -0.397 e. The summed E-state index contributed by atoms with van der Waals surface area (Å²) in [6.07, 6.45) is 1.71. The van der Waals surface area contributed by atoms with Crippen molar-refractivity contribution in [2.75, 3.05) is 17.6 Å². The quantitative estimate of drug-likeness (QED) is 0.608. The topological polar surface area (TPSA) is 95.8 Å². The van der Waals surface area contributed by atoms with Crippen molar-refractivity contribution in [3.05, 3.63) is 18.3 Å². The molecule has 1 aromatic carbocycles. The summed E-state index contributed by atoms with van der Waals surface area (Å²) in [5, 5.41) is 13.6. The molecule has 0 unspecified atom stereocenters. The number of nitrogens with zero attached hydrogens (tertiary/aromatic N) is 1. The van der Waals surface area contributed by atoms with E-state index in [1.807, 2.05) is 26.0 Å². The first-order chi connectivity index (χ1) is 8.56. The van der Waals surface area contributed by atoms with Crippen LogP contribution in [0.2, 0.25) is 0 Å². The van der Waals surface area contributed by atoms with Crippen LogP contribution in [-0.4, -0.2) is 28.7 Å². The van der Waals surface area contributed by atoms with Gasteiger partial charge in [-0.2, -0.15) is 5.10 Å². The summed E-state index contributed by atoms with van der Waals surface area (Å²) in [5.74, 6) is -0.0610. The van der Waals surface area contributed by atoms with Gasteiger partial charge in [0.25, 0.3) is 0 Å². The van der Waals surface area contributed by atoms with Gasteiger partial charge >= 0.3 is 0 Å². The standard InChI is InChI=1S/C12H17N5O/c1-7(2)16-12(18)6-14-11-4-10-8(3-9(11)13)5-15-17-10/h3-5,7,14H,6,13H2,1-2H3,(H,15,17)(H,16,18). The van der Waals surface area contributed by atoms with E-state index in [0.29, 0.717) is 5.69 Å². The minimum atomic E-state index is -0.0610. The SMILES string of the molecule is CC(C)NC(=O)CNc1cc2[nH]ncc2cc1N. The zero-order chi connectivity index (χ0) is 13.1. The number of benzene rings is 1. The third kappa shape index (κ3) is 2.71. The smallest absolute Gasteiger partial charge is 0.239 e. The molecule has 0 saturated heterocycles. The molecule has 6 nitrogen and oxygen atoms in total. The lowest BCUT2D eigenvalue weighted by Gasteiger charge is -2.11. The number of rotatable bonds is 4. The van der Waals surface area contributed by atoms with Crippen LogP contribution in [-0.2, 0) is 4.79 Å². The number of anilines is 2. The van der Waals surface area contributed by atoms with Crippen molar-refractivity contribution < 1.29 is 4.79 Å². The van der Waals surface area contributed by atoms with Crippen molar-refractivity contribution in [1.82, 2.24) is 15.5 Å². The number of fused-ring (bicyclic) bond motifs is 1. The zero-order valence-corrected chi connectivity index (χ0v) is 10.4. The van der Waals surface area contributed by atoms with Crippen LogP contribution in [0.25, 0.3) is 10.9 Å². The molecular weight excluding hydrogens is 230 g/mol. The molecular formula is C12H17N5O. The summed E-state index contributed by atoms with van der Waals surface area (Å²) >= 11 is 0. The molecule has 2 rings (SSSR count). The maximum atomic E-state index is 11.5. The number of carbonyl (C=O) groups excluding carboxylic acids is 1. The number of carbonyl (C=O) groups is 1. The van der Waals surface area contributed by atoms with Crippen LogP contribution < -0.4 is 16.4 Å². The fraction of sp³-hybridized carbons (Fsp3) is 0.333. The second kappa shape index (κ2) is 4.95. The van der Waals surface area contributed by atoms with Crippen molar-refractivity contribution >= 4 is 28.2 Å². The van der Waals surface area contributed by atoms with Crippen LogP contribution in [0.1, 0.15) is 13.8 Å². The second-order valence-corrected chi connectivity index (χ2v) is 4.47. The van der Waals surface area contributed by atoms with Crippen molar-refractivity contribution in [2.45, 2.75) is 19.9 Å². The van der Waals surface area contributed by atoms with E-state index in [1.54, 1.807) is 6.20 Å². The van der Waals surface area contributed by atoms with Crippen molar-refractivity contribution in [3.8, 4) is 0 Å². The Morgan fingerprint density at radius 1 is 1.50 bits per heavy atom. The maximum absolute atomic E-state index is 11.5. The highest BCUT2D eigenvalue weighted by molar-refractivity contribution is 5.90. The zero-order valence-electron chi connectivity index (χ0n) is 10.4. The Balaban J connectivity index is 2.07. The fourth-order valence-electron chi connectivity index (χ4n) is 1.71. The normalized spacial score (nSPS) is 10.8. The van der Waals surface area contributed by atoms with E-state index in [9.17, 15) is 4.79 Å². The highest BCUT2D eigenvalue weighted by Gasteiger charge is 2.06. The van der Waals surface area contributed by atoms with Gasteiger partial charge in [-0.1, -0.05) is 0 Å². The average molecular weight is 247 g/mol. The Morgan fingerprint density at radius 3 is 3.00 bits per heavy atom. The van der Waals surface area contributed by atoms with Gasteiger partial charge in [0.15, 0.2) is 0 Å². The van der Waals surface area contributed by atoms with Gasteiger partial charge < -0.3 is 16.4 Å². The van der Waals surface area contributed by atoms with Crippen molar-refractivity contribution in [3.63, 3.8) is 0 Å². The minimum absolute atomic E-state index is 0.0610. The molecule has 0 bridgehead atoms. The first kappa shape index (κ1) is 12.2. The Kier molecular flexibility index (Phi) is 3.36. The van der Waals surface area contributed by atoms with Crippen LogP contribution in [0, 0.1) is 0 Å². The number of aromatic amines is 1. The number of nitrogen functional groups attached to an aromatic ring is 1. The number of hydrogen-bond donors (Lipinski definition) is 4. The maximum Gasteiger partial charge on any atom is 0.239 e.